The Kier molecular flexibility index (Phi) is 7.86. The molecule has 4 fully saturated rings. The molecule has 4 aliphatic carbocycles. The average Bonchev–Trinajstić information content (AvgIpc) is 3.17. The molecular formula is C30H48ClNO. The van der Waals surface area contributed by atoms with E-state index in [4.69, 9.17) is 11.6 Å². The first kappa shape index (κ1) is 25.5. The van der Waals surface area contributed by atoms with Crippen molar-refractivity contribution in [1.82, 2.24) is 4.98 Å². The first-order valence-corrected chi connectivity index (χ1v) is 14.5. The summed E-state index contributed by atoms with van der Waals surface area (Å²) in [6.07, 6.45) is 15.9. The van der Waals surface area contributed by atoms with Crippen LogP contribution in [0.25, 0.3) is 0 Å². The van der Waals surface area contributed by atoms with Gasteiger partial charge in [-0.3, -0.25) is 0 Å². The third-order valence-electron chi connectivity index (χ3n) is 11.1. The van der Waals surface area contributed by atoms with Gasteiger partial charge in [-0.25, -0.2) is 4.98 Å². The number of hydrogen-bond donors (Lipinski definition) is 1. The Balaban J connectivity index is 0.00000126. The topological polar surface area (TPSA) is 33.1 Å². The van der Waals surface area contributed by atoms with Crippen molar-refractivity contribution < 1.29 is 5.11 Å². The molecule has 5 rings (SSSR count). The van der Waals surface area contributed by atoms with Gasteiger partial charge in [-0.15, -0.1) is 0 Å². The molecule has 1 N–H and O–H groups in total. The van der Waals surface area contributed by atoms with Crippen molar-refractivity contribution in [1.29, 1.82) is 0 Å². The van der Waals surface area contributed by atoms with Gasteiger partial charge in [0.1, 0.15) is 5.15 Å². The summed E-state index contributed by atoms with van der Waals surface area (Å²) in [5.41, 5.74) is 2.23. The normalized spacial score (nSPS) is 42.9. The first-order valence-electron chi connectivity index (χ1n) is 14.1. The summed E-state index contributed by atoms with van der Waals surface area (Å²) in [5.74, 6) is 5.12. The lowest BCUT2D eigenvalue weighted by molar-refractivity contribution is -0.129. The molecular weight excluding hydrogens is 426 g/mol. The van der Waals surface area contributed by atoms with E-state index >= 15 is 0 Å². The molecule has 1 heterocycles. The van der Waals surface area contributed by atoms with E-state index in [1.165, 1.54) is 56.9 Å². The van der Waals surface area contributed by atoms with Crippen molar-refractivity contribution in [3.05, 3.63) is 29.0 Å². The largest absolute Gasteiger partial charge is 0.393 e. The summed E-state index contributed by atoms with van der Waals surface area (Å²) >= 11 is 6.33. The van der Waals surface area contributed by atoms with E-state index in [0.717, 1.165) is 54.8 Å². The maximum Gasteiger partial charge on any atom is 0.132 e. The molecule has 0 aliphatic heterocycles. The molecule has 0 bridgehead atoms. The summed E-state index contributed by atoms with van der Waals surface area (Å²) < 4.78 is 0. The second-order valence-electron chi connectivity index (χ2n) is 12.3. The van der Waals surface area contributed by atoms with Crippen molar-refractivity contribution in [3.8, 4) is 0 Å². The second-order valence-corrected chi connectivity index (χ2v) is 12.6. The van der Waals surface area contributed by atoms with Crippen molar-refractivity contribution in [2.24, 2.45) is 46.3 Å². The fourth-order valence-electron chi connectivity index (χ4n) is 9.40. The minimum atomic E-state index is -0.0338. The molecule has 33 heavy (non-hydrogen) atoms. The van der Waals surface area contributed by atoms with Crippen LogP contribution in [0.1, 0.15) is 104 Å². The zero-order valence-electron chi connectivity index (χ0n) is 21.8. The van der Waals surface area contributed by atoms with Crippen molar-refractivity contribution in [2.45, 2.75) is 111 Å². The highest BCUT2D eigenvalue weighted by molar-refractivity contribution is 6.30. The van der Waals surface area contributed by atoms with E-state index in [2.05, 4.69) is 31.8 Å². The Labute approximate surface area is 208 Å². The van der Waals surface area contributed by atoms with Crippen LogP contribution in [0.15, 0.2) is 18.3 Å². The minimum Gasteiger partial charge on any atom is -0.393 e. The lowest BCUT2D eigenvalue weighted by Crippen LogP contribution is -2.54. The highest BCUT2D eigenvalue weighted by atomic mass is 35.5. The van der Waals surface area contributed by atoms with E-state index in [1.807, 2.05) is 19.9 Å². The zero-order valence-corrected chi connectivity index (χ0v) is 22.6. The average molecular weight is 474 g/mol. The van der Waals surface area contributed by atoms with Crippen LogP contribution in [0.2, 0.25) is 5.15 Å². The van der Waals surface area contributed by atoms with E-state index in [9.17, 15) is 5.11 Å². The highest BCUT2D eigenvalue weighted by Gasteiger charge is 2.60. The van der Waals surface area contributed by atoms with Gasteiger partial charge >= 0.3 is 0 Å². The van der Waals surface area contributed by atoms with Crippen LogP contribution in [0, 0.1) is 46.3 Å². The quantitative estimate of drug-likeness (QED) is 0.445. The third kappa shape index (κ3) is 4.53. The molecule has 9 unspecified atom stereocenters. The van der Waals surface area contributed by atoms with Gasteiger partial charge in [0.2, 0.25) is 0 Å². The van der Waals surface area contributed by atoms with Gasteiger partial charge < -0.3 is 5.11 Å². The molecule has 3 heteroatoms. The molecule has 4 saturated carbocycles. The molecule has 1 aromatic heterocycles. The summed E-state index contributed by atoms with van der Waals surface area (Å²) in [5, 5.41) is 11.0. The summed E-state index contributed by atoms with van der Waals surface area (Å²) in [4.78, 5) is 4.27. The molecule has 9 atom stereocenters. The zero-order chi connectivity index (χ0) is 23.8. The number of aryl methyl sites for hydroxylation is 1. The van der Waals surface area contributed by atoms with E-state index < -0.39 is 0 Å². The molecule has 0 spiro atoms. The molecule has 0 saturated heterocycles. The number of aliphatic hydroxyl groups is 1. The Morgan fingerprint density at radius 1 is 1.03 bits per heavy atom. The number of fused-ring (bicyclic) bond motifs is 5. The number of pyridine rings is 1. The summed E-state index contributed by atoms with van der Waals surface area (Å²) in [6, 6.07) is 4.16. The standard InChI is InChI=1S/C28H42ClNO.C2H6/c1-18(6-7-19-5-4-16-30-26(19)29)23-10-11-24-22-9-8-20-17-21(31)12-14-27(20,2)25(22)13-15-28(23,24)3;1-2/h4-5,16,18,20-25,31H,6-15,17H2,1-3H3;1-2H3. The third-order valence-corrected chi connectivity index (χ3v) is 11.4. The minimum absolute atomic E-state index is 0.0338. The number of hydrogen-bond acceptors (Lipinski definition) is 2. The van der Waals surface area contributed by atoms with Gasteiger partial charge in [-0.05, 0) is 129 Å². The van der Waals surface area contributed by atoms with Gasteiger partial charge in [0.05, 0.1) is 6.10 Å². The van der Waals surface area contributed by atoms with E-state index in [-0.39, 0.29) is 6.10 Å². The molecule has 186 valence electrons. The first-order chi connectivity index (χ1) is 15.8. The smallest absolute Gasteiger partial charge is 0.132 e. The van der Waals surface area contributed by atoms with E-state index in [0.29, 0.717) is 16.0 Å². The molecule has 0 radical (unpaired) electrons. The number of rotatable bonds is 4. The number of aromatic nitrogens is 1. The maximum absolute atomic E-state index is 10.3. The molecule has 0 amide bonds. The number of halogens is 1. The second kappa shape index (κ2) is 10.2. The Morgan fingerprint density at radius 3 is 2.52 bits per heavy atom. The molecule has 4 aliphatic rings. The lowest BCUT2D eigenvalue weighted by atomic mass is 9.44. The predicted molar refractivity (Wildman–Crippen MR) is 139 cm³/mol. The van der Waals surface area contributed by atoms with Crippen molar-refractivity contribution >= 4 is 11.6 Å². The SMILES string of the molecule is CC.CC(CCc1cccnc1Cl)C1CCC2C3CCC4CC(O)CCC4(C)C3CCC12C. The van der Waals surface area contributed by atoms with Gasteiger partial charge in [0.25, 0.3) is 0 Å². The molecule has 1 aromatic rings. The van der Waals surface area contributed by atoms with E-state index in [1.54, 1.807) is 6.20 Å². The lowest BCUT2D eigenvalue weighted by Gasteiger charge is -2.61. The van der Waals surface area contributed by atoms with Crippen molar-refractivity contribution in [2.75, 3.05) is 0 Å². The van der Waals surface area contributed by atoms with Crippen LogP contribution in [-0.4, -0.2) is 16.2 Å². The maximum atomic E-state index is 10.3. The number of nitrogens with zero attached hydrogens (tertiary/aromatic N) is 1. The van der Waals surface area contributed by atoms with Crippen molar-refractivity contribution in [3.63, 3.8) is 0 Å². The van der Waals surface area contributed by atoms with Gasteiger partial charge in [-0.2, -0.15) is 0 Å². The summed E-state index contributed by atoms with van der Waals surface area (Å²) in [7, 11) is 0. The van der Waals surface area contributed by atoms with Crippen LogP contribution in [-0.2, 0) is 6.42 Å². The van der Waals surface area contributed by atoms with Gasteiger partial charge in [0, 0.05) is 6.20 Å². The summed E-state index contributed by atoms with van der Waals surface area (Å²) in [6.45, 7) is 11.8. The van der Waals surface area contributed by atoms with Crippen LogP contribution < -0.4 is 0 Å². The fourth-order valence-corrected chi connectivity index (χ4v) is 9.61. The Hall–Kier alpha value is -0.600. The van der Waals surface area contributed by atoms with Crippen LogP contribution in [0.5, 0.6) is 0 Å². The highest BCUT2D eigenvalue weighted by Crippen LogP contribution is 2.68. The Bertz CT molecular complexity index is 797. The molecule has 0 aromatic carbocycles. The monoisotopic (exact) mass is 473 g/mol. The fraction of sp³-hybridized carbons (Fsp3) is 0.833. The van der Waals surface area contributed by atoms with Crippen LogP contribution >= 0.6 is 11.6 Å². The van der Waals surface area contributed by atoms with Gasteiger partial charge in [-0.1, -0.05) is 52.3 Å². The predicted octanol–water partition coefficient (Wildman–Crippen LogP) is 8.35. The molecule has 2 nitrogen and oxygen atoms in total. The van der Waals surface area contributed by atoms with Crippen LogP contribution in [0.4, 0.5) is 0 Å². The van der Waals surface area contributed by atoms with Crippen LogP contribution in [0.3, 0.4) is 0 Å². The number of aliphatic hydroxyl groups excluding tert-OH is 1. The Morgan fingerprint density at radius 2 is 1.76 bits per heavy atom. The van der Waals surface area contributed by atoms with Gasteiger partial charge in [0.15, 0.2) is 0 Å².